The summed E-state index contributed by atoms with van der Waals surface area (Å²) in [7, 11) is 0. The van der Waals surface area contributed by atoms with Gasteiger partial charge in [0.1, 0.15) is 0 Å². The molecule has 0 heterocycles. The van der Waals surface area contributed by atoms with Gasteiger partial charge in [-0.3, -0.25) is 38.6 Å². The summed E-state index contributed by atoms with van der Waals surface area (Å²) in [4.78, 5) is 73.0. The maximum atomic E-state index is 13.2. The zero-order chi connectivity index (χ0) is 32.0. The van der Waals surface area contributed by atoms with E-state index >= 15 is 0 Å². The van der Waals surface area contributed by atoms with Gasteiger partial charge in [-0.05, 0) is 62.6 Å². The number of likely N-dealkylation sites (N-methyl/N-ethyl adjacent to an activating group) is 2. The van der Waals surface area contributed by atoms with Gasteiger partial charge in [0.05, 0.1) is 13.1 Å². The van der Waals surface area contributed by atoms with Crippen molar-refractivity contribution in [3.63, 3.8) is 0 Å². The van der Waals surface area contributed by atoms with Gasteiger partial charge in [0, 0.05) is 47.5 Å². The number of carboxylic acid groups (broad SMARTS) is 2. The van der Waals surface area contributed by atoms with Crippen molar-refractivity contribution in [1.29, 1.82) is 0 Å². The minimum atomic E-state index is -0.833. The molecule has 0 unspecified atom stereocenters. The smallest absolute Gasteiger partial charge is 0.300 e. The predicted molar refractivity (Wildman–Crippen MR) is 159 cm³/mol. The normalized spacial score (nSPS) is 11.3. The number of hydrogen-bond acceptors (Lipinski definition) is 8. The molecule has 0 radical (unpaired) electrons. The predicted octanol–water partition coefficient (Wildman–Crippen LogP) is 3.20. The van der Waals surface area contributed by atoms with Crippen LogP contribution in [0.3, 0.4) is 0 Å². The van der Waals surface area contributed by atoms with Crippen molar-refractivity contribution in [2.24, 2.45) is 0 Å². The zero-order valence-electron chi connectivity index (χ0n) is 24.9. The fourth-order valence-corrected chi connectivity index (χ4v) is 4.01. The number of anilines is 2. The molecule has 3 rings (SSSR count). The molecule has 1 aliphatic rings. The van der Waals surface area contributed by atoms with E-state index in [0.29, 0.717) is 11.4 Å². The molecule has 12 heteroatoms. The summed E-state index contributed by atoms with van der Waals surface area (Å²) in [6.45, 7) is 13.7. The minimum absolute atomic E-state index is 0.177. The first-order chi connectivity index (χ1) is 19.8. The summed E-state index contributed by atoms with van der Waals surface area (Å²) >= 11 is 0. The Hall–Kier alpha value is -4.42. The molecule has 4 N–H and O–H groups in total. The van der Waals surface area contributed by atoms with Gasteiger partial charge in [0.25, 0.3) is 11.9 Å². The van der Waals surface area contributed by atoms with E-state index in [1.165, 1.54) is 0 Å². The van der Waals surface area contributed by atoms with E-state index in [2.05, 4.69) is 10.6 Å². The molecule has 12 nitrogen and oxygen atoms in total. The van der Waals surface area contributed by atoms with Crippen LogP contribution in [0.15, 0.2) is 36.4 Å². The van der Waals surface area contributed by atoms with E-state index in [1.807, 2.05) is 37.5 Å². The number of amides is 2. The van der Waals surface area contributed by atoms with Crippen LogP contribution in [-0.4, -0.2) is 94.6 Å². The van der Waals surface area contributed by atoms with Gasteiger partial charge in [-0.15, -0.1) is 0 Å². The van der Waals surface area contributed by atoms with Gasteiger partial charge in [0.15, 0.2) is 11.6 Å². The third-order valence-corrected chi connectivity index (χ3v) is 6.11. The average Bonchev–Trinajstić information content (AvgIpc) is 2.92. The molecular formula is C30H40N4O8. The molecule has 0 aliphatic heterocycles. The van der Waals surface area contributed by atoms with E-state index in [4.69, 9.17) is 19.8 Å². The third kappa shape index (κ3) is 11.2. The van der Waals surface area contributed by atoms with Crippen molar-refractivity contribution in [3.05, 3.63) is 58.7 Å². The number of ketones is 2. The Morgan fingerprint density at radius 1 is 0.595 bits per heavy atom. The number of aliphatic carboxylic acids is 2. The first-order valence-corrected chi connectivity index (χ1v) is 13.6. The Bertz CT molecular complexity index is 1190. The van der Waals surface area contributed by atoms with Gasteiger partial charge < -0.3 is 20.8 Å². The van der Waals surface area contributed by atoms with E-state index in [-0.39, 0.29) is 58.7 Å². The Morgan fingerprint density at radius 3 is 1.14 bits per heavy atom. The lowest BCUT2D eigenvalue weighted by Gasteiger charge is -2.21. The first-order valence-electron chi connectivity index (χ1n) is 13.6. The van der Waals surface area contributed by atoms with Crippen molar-refractivity contribution in [1.82, 2.24) is 9.80 Å². The van der Waals surface area contributed by atoms with Crippen LogP contribution >= 0.6 is 0 Å². The highest BCUT2D eigenvalue weighted by Crippen LogP contribution is 2.31. The van der Waals surface area contributed by atoms with Crippen LogP contribution in [-0.2, 0) is 19.2 Å². The molecule has 0 saturated carbocycles. The lowest BCUT2D eigenvalue weighted by atomic mass is 9.83. The van der Waals surface area contributed by atoms with Crippen LogP contribution in [0.2, 0.25) is 0 Å². The Kier molecular flexibility index (Phi) is 14.8. The van der Waals surface area contributed by atoms with Crippen LogP contribution in [0.4, 0.5) is 11.4 Å². The summed E-state index contributed by atoms with van der Waals surface area (Å²) in [6, 6.07) is 9.50. The lowest BCUT2D eigenvalue weighted by molar-refractivity contribution is -0.135. The summed E-state index contributed by atoms with van der Waals surface area (Å²) in [5.74, 6) is -2.59. The highest BCUT2D eigenvalue weighted by Gasteiger charge is 2.30. The molecule has 0 bridgehead atoms. The molecule has 0 saturated heterocycles. The van der Waals surface area contributed by atoms with Gasteiger partial charge in [-0.1, -0.05) is 27.7 Å². The number of carbonyl (C=O) groups excluding carboxylic acids is 4. The second-order valence-electron chi connectivity index (χ2n) is 9.24. The molecule has 2 aromatic carbocycles. The molecule has 0 spiro atoms. The summed E-state index contributed by atoms with van der Waals surface area (Å²) in [6.07, 6.45) is 0. The molecule has 42 heavy (non-hydrogen) atoms. The first kappa shape index (κ1) is 35.6. The van der Waals surface area contributed by atoms with Gasteiger partial charge in [-0.25, -0.2) is 0 Å². The van der Waals surface area contributed by atoms with E-state index in [1.54, 1.807) is 36.4 Å². The Morgan fingerprint density at radius 2 is 0.881 bits per heavy atom. The average molecular weight is 585 g/mol. The van der Waals surface area contributed by atoms with Crippen LogP contribution in [0, 0.1) is 0 Å². The molecule has 228 valence electrons. The summed E-state index contributed by atoms with van der Waals surface area (Å²) < 4.78 is 0. The highest BCUT2D eigenvalue weighted by molar-refractivity contribution is 6.29. The topological polar surface area (TPSA) is 173 Å². The van der Waals surface area contributed by atoms with Crippen LogP contribution in [0.5, 0.6) is 0 Å². The number of fused-ring (bicyclic) bond motifs is 2. The van der Waals surface area contributed by atoms with Crippen molar-refractivity contribution in [2.75, 3.05) is 49.9 Å². The number of rotatable bonds is 10. The maximum absolute atomic E-state index is 13.2. The van der Waals surface area contributed by atoms with Gasteiger partial charge in [-0.2, -0.15) is 0 Å². The molecular weight excluding hydrogens is 544 g/mol. The molecule has 1 aliphatic carbocycles. The maximum Gasteiger partial charge on any atom is 0.300 e. The Labute approximate surface area is 245 Å². The summed E-state index contributed by atoms with van der Waals surface area (Å²) in [5.41, 5.74) is 2.03. The van der Waals surface area contributed by atoms with Crippen LogP contribution in [0.1, 0.15) is 73.4 Å². The number of carbonyl (C=O) groups is 6. The summed E-state index contributed by atoms with van der Waals surface area (Å²) in [5, 5.41) is 20.5. The van der Waals surface area contributed by atoms with Crippen LogP contribution in [0.25, 0.3) is 0 Å². The van der Waals surface area contributed by atoms with Gasteiger partial charge >= 0.3 is 0 Å². The fraction of sp³-hybridized carbons (Fsp3) is 0.400. The monoisotopic (exact) mass is 584 g/mol. The van der Waals surface area contributed by atoms with Crippen molar-refractivity contribution >= 4 is 46.7 Å². The third-order valence-electron chi connectivity index (χ3n) is 6.11. The lowest BCUT2D eigenvalue weighted by Crippen LogP contribution is -2.33. The standard InChI is InChI=1S/C26H32N4O4.2C2H4O2/c1-5-29(6-2)15-23(31)27-17-9-11-19-21(13-17)25(33)20-12-10-18(14-22(20)26(19)34)28-24(32)16-30(7-3)8-4;2*1-2(3)4/h9-14H,5-8,15-16H2,1-4H3,(H,27,31)(H,28,32);2*1H3,(H,3,4). The van der Waals surface area contributed by atoms with Crippen LogP contribution < -0.4 is 10.6 Å². The zero-order valence-corrected chi connectivity index (χ0v) is 24.9. The molecule has 0 fully saturated rings. The van der Waals surface area contributed by atoms with E-state index in [0.717, 1.165) is 40.0 Å². The largest absolute Gasteiger partial charge is 0.481 e. The number of benzene rings is 2. The number of hydrogen-bond donors (Lipinski definition) is 4. The second-order valence-corrected chi connectivity index (χ2v) is 9.24. The van der Waals surface area contributed by atoms with E-state index in [9.17, 15) is 19.2 Å². The second kappa shape index (κ2) is 17.4. The molecule has 0 aromatic heterocycles. The number of nitrogens with zero attached hydrogens (tertiary/aromatic N) is 2. The highest BCUT2D eigenvalue weighted by atomic mass is 16.4. The minimum Gasteiger partial charge on any atom is -0.481 e. The quantitative estimate of drug-likeness (QED) is 0.277. The SMILES string of the molecule is CC(=O)O.CC(=O)O.CCN(CC)CC(=O)Nc1ccc2c(c1)C(=O)c1ccc(NC(=O)CN(CC)CC)cc1C2=O. The molecule has 2 aromatic rings. The Balaban J connectivity index is 0.000000978. The van der Waals surface area contributed by atoms with Crippen molar-refractivity contribution in [2.45, 2.75) is 41.5 Å². The molecule has 2 amide bonds. The van der Waals surface area contributed by atoms with Gasteiger partial charge in [0.2, 0.25) is 11.8 Å². The van der Waals surface area contributed by atoms with Crippen molar-refractivity contribution < 1.29 is 39.0 Å². The van der Waals surface area contributed by atoms with Crippen molar-refractivity contribution in [3.8, 4) is 0 Å². The fourth-order valence-electron chi connectivity index (χ4n) is 4.01. The number of nitrogens with one attached hydrogen (secondary N) is 2. The van der Waals surface area contributed by atoms with E-state index < -0.39 is 11.9 Å². The number of carboxylic acids is 2. The molecule has 0 atom stereocenters.